The van der Waals surface area contributed by atoms with Crippen LogP contribution in [0.2, 0.25) is 0 Å². The molecule has 28 heavy (non-hydrogen) atoms. The molecule has 1 saturated heterocycles. The first-order valence-corrected chi connectivity index (χ1v) is 9.50. The number of nitrogens with zero attached hydrogens (tertiary/aromatic N) is 3. The largest absolute Gasteiger partial charge is 0.477 e. The van der Waals surface area contributed by atoms with E-state index >= 15 is 0 Å². The van der Waals surface area contributed by atoms with Gasteiger partial charge in [-0.05, 0) is 52.9 Å². The number of rotatable bonds is 6. The Morgan fingerprint density at radius 2 is 2.21 bits per heavy atom. The molecule has 1 aromatic heterocycles. The summed E-state index contributed by atoms with van der Waals surface area (Å²) >= 11 is 0. The van der Waals surface area contributed by atoms with E-state index in [1.807, 2.05) is 27.7 Å². The van der Waals surface area contributed by atoms with E-state index < -0.39 is 10.5 Å². The zero-order valence-corrected chi connectivity index (χ0v) is 17.0. The third-order valence-electron chi connectivity index (χ3n) is 4.67. The molecule has 0 spiro atoms. The summed E-state index contributed by atoms with van der Waals surface area (Å²) in [4.78, 5) is 28.5. The second-order valence-electron chi connectivity index (χ2n) is 8.10. The number of amides is 1. The van der Waals surface area contributed by atoms with Gasteiger partial charge in [0, 0.05) is 24.2 Å². The second-order valence-corrected chi connectivity index (χ2v) is 8.10. The highest BCUT2D eigenvalue weighted by Crippen LogP contribution is 2.28. The van der Waals surface area contributed by atoms with Crippen LogP contribution in [0.5, 0.6) is 5.88 Å². The maximum Gasteiger partial charge on any atom is 0.410 e. The van der Waals surface area contributed by atoms with Gasteiger partial charge in [-0.2, -0.15) is 0 Å². The van der Waals surface area contributed by atoms with Gasteiger partial charge in [-0.25, -0.2) is 9.78 Å². The first-order chi connectivity index (χ1) is 13.1. The van der Waals surface area contributed by atoms with Crippen LogP contribution in [-0.4, -0.2) is 45.7 Å². The Hall–Kier alpha value is -2.64. The summed E-state index contributed by atoms with van der Waals surface area (Å²) in [5, 5.41) is 10.8. The van der Waals surface area contributed by atoms with Crippen molar-refractivity contribution in [2.24, 2.45) is 5.92 Å². The molecule has 1 aliphatic heterocycles. The Balaban J connectivity index is 1.85. The number of likely N-dealkylation sites (tertiary alicyclic amines) is 1. The minimum absolute atomic E-state index is 0.0920. The van der Waals surface area contributed by atoms with E-state index in [0.717, 1.165) is 19.3 Å². The monoisotopic (exact) mass is 391 g/mol. The summed E-state index contributed by atoms with van der Waals surface area (Å²) in [6.07, 6.45) is 5.00. The Morgan fingerprint density at radius 1 is 1.50 bits per heavy atom. The Kier molecular flexibility index (Phi) is 6.99. The van der Waals surface area contributed by atoms with Crippen LogP contribution in [0.25, 0.3) is 6.08 Å². The molecule has 154 valence electrons. The van der Waals surface area contributed by atoms with E-state index in [1.165, 1.54) is 18.3 Å². The maximum atomic E-state index is 12.3. The van der Waals surface area contributed by atoms with Crippen LogP contribution in [0.15, 0.2) is 18.8 Å². The van der Waals surface area contributed by atoms with Crippen molar-refractivity contribution in [3.63, 3.8) is 0 Å². The number of piperidine rings is 1. The minimum atomic E-state index is -0.498. The highest BCUT2D eigenvalue weighted by atomic mass is 16.6. The molecule has 0 N–H and O–H groups in total. The molecule has 1 amide bonds. The molecule has 0 saturated carbocycles. The fourth-order valence-corrected chi connectivity index (χ4v) is 3.27. The zero-order valence-electron chi connectivity index (χ0n) is 17.0. The van der Waals surface area contributed by atoms with Crippen molar-refractivity contribution in [2.75, 3.05) is 13.2 Å². The Bertz CT molecular complexity index is 729. The maximum absolute atomic E-state index is 12.3. The van der Waals surface area contributed by atoms with Crippen molar-refractivity contribution in [1.82, 2.24) is 9.88 Å². The number of hydrogen-bond donors (Lipinski definition) is 0. The summed E-state index contributed by atoms with van der Waals surface area (Å²) in [5.41, 5.74) is -0.0878. The van der Waals surface area contributed by atoms with Gasteiger partial charge in [-0.3, -0.25) is 10.1 Å². The molecule has 0 bridgehead atoms. The molecule has 0 aromatic carbocycles. The number of pyridine rings is 1. The van der Waals surface area contributed by atoms with Gasteiger partial charge >= 0.3 is 6.09 Å². The molecule has 0 radical (unpaired) electrons. The number of carbonyl (C=O) groups excluding carboxylic acids is 1. The topological polar surface area (TPSA) is 94.8 Å². The van der Waals surface area contributed by atoms with Crippen molar-refractivity contribution in [3.8, 4) is 5.88 Å². The van der Waals surface area contributed by atoms with E-state index in [4.69, 9.17) is 9.47 Å². The summed E-state index contributed by atoms with van der Waals surface area (Å²) in [5.74, 6) is 0.777. The van der Waals surface area contributed by atoms with E-state index in [0.29, 0.717) is 30.5 Å². The van der Waals surface area contributed by atoms with Crippen LogP contribution in [0.1, 0.15) is 52.5 Å². The van der Waals surface area contributed by atoms with Crippen LogP contribution in [0.3, 0.4) is 0 Å². The molecular formula is C20H29N3O5. The van der Waals surface area contributed by atoms with E-state index in [1.54, 1.807) is 4.90 Å². The lowest BCUT2D eigenvalue weighted by Crippen LogP contribution is -2.46. The average molecular weight is 391 g/mol. The molecular weight excluding hydrogens is 362 g/mol. The van der Waals surface area contributed by atoms with Crippen molar-refractivity contribution in [1.29, 1.82) is 0 Å². The van der Waals surface area contributed by atoms with Gasteiger partial charge in [0.25, 0.3) is 5.69 Å². The zero-order chi connectivity index (χ0) is 20.9. The van der Waals surface area contributed by atoms with Crippen molar-refractivity contribution < 1.29 is 19.2 Å². The SMILES string of the molecule is C=Cc1cc([N+](=O)[O-])cnc1OCC[C@H]1CCN(C(=O)OC(C)(C)C)[C@@H](C)C1. The predicted molar refractivity (Wildman–Crippen MR) is 106 cm³/mol. The van der Waals surface area contributed by atoms with Gasteiger partial charge < -0.3 is 14.4 Å². The lowest BCUT2D eigenvalue weighted by Gasteiger charge is -2.38. The Labute approximate surface area is 165 Å². The Morgan fingerprint density at radius 3 is 2.79 bits per heavy atom. The van der Waals surface area contributed by atoms with Crippen LogP contribution >= 0.6 is 0 Å². The number of hydrogen-bond acceptors (Lipinski definition) is 6. The minimum Gasteiger partial charge on any atom is -0.477 e. The molecule has 0 unspecified atom stereocenters. The smallest absolute Gasteiger partial charge is 0.410 e. The lowest BCUT2D eigenvalue weighted by molar-refractivity contribution is -0.385. The van der Waals surface area contributed by atoms with Crippen molar-refractivity contribution in [3.05, 3.63) is 34.5 Å². The lowest BCUT2D eigenvalue weighted by atomic mass is 9.89. The van der Waals surface area contributed by atoms with Gasteiger partial charge in [0.05, 0.1) is 11.5 Å². The third-order valence-corrected chi connectivity index (χ3v) is 4.67. The molecule has 8 nitrogen and oxygen atoms in total. The van der Waals surface area contributed by atoms with Crippen LogP contribution in [0, 0.1) is 16.0 Å². The molecule has 2 atom stereocenters. The fraction of sp³-hybridized carbons (Fsp3) is 0.600. The van der Waals surface area contributed by atoms with Gasteiger partial charge in [-0.15, -0.1) is 0 Å². The van der Waals surface area contributed by atoms with Crippen molar-refractivity contribution >= 4 is 17.9 Å². The molecule has 1 fully saturated rings. The quantitative estimate of drug-likeness (QED) is 0.526. The molecule has 8 heteroatoms. The highest BCUT2D eigenvalue weighted by Gasteiger charge is 2.31. The third kappa shape index (κ3) is 5.94. The number of aromatic nitrogens is 1. The summed E-state index contributed by atoms with van der Waals surface area (Å²) in [6, 6.07) is 1.51. The number of ether oxygens (including phenoxy) is 2. The molecule has 2 heterocycles. The summed E-state index contributed by atoms with van der Waals surface area (Å²) < 4.78 is 11.2. The summed E-state index contributed by atoms with van der Waals surface area (Å²) in [7, 11) is 0. The molecule has 2 rings (SSSR count). The van der Waals surface area contributed by atoms with Crippen LogP contribution in [-0.2, 0) is 4.74 Å². The van der Waals surface area contributed by atoms with E-state index in [-0.39, 0.29) is 17.8 Å². The van der Waals surface area contributed by atoms with Gasteiger partial charge in [-0.1, -0.05) is 12.7 Å². The van der Waals surface area contributed by atoms with Crippen LogP contribution < -0.4 is 4.74 Å². The predicted octanol–water partition coefficient (Wildman–Crippen LogP) is 4.44. The first-order valence-electron chi connectivity index (χ1n) is 9.50. The summed E-state index contributed by atoms with van der Waals surface area (Å²) in [6.45, 7) is 12.4. The van der Waals surface area contributed by atoms with Gasteiger partial charge in [0.15, 0.2) is 0 Å². The van der Waals surface area contributed by atoms with Crippen LogP contribution in [0.4, 0.5) is 10.5 Å². The molecule has 1 aromatic rings. The second kappa shape index (κ2) is 9.03. The van der Waals surface area contributed by atoms with Crippen molar-refractivity contribution in [2.45, 2.75) is 58.6 Å². The first kappa shape index (κ1) is 21.7. The fourth-order valence-electron chi connectivity index (χ4n) is 3.27. The average Bonchev–Trinajstić information content (AvgIpc) is 2.60. The highest BCUT2D eigenvalue weighted by molar-refractivity contribution is 5.68. The molecule has 0 aliphatic carbocycles. The standard InChI is InChI=1S/C20H29N3O5/c1-6-16-12-17(23(25)26)13-21-18(16)27-10-8-15-7-9-22(14(2)11-15)19(24)28-20(3,4)5/h6,12-15H,1,7-11H2,2-5H3/t14-,15+/m0/s1. The normalized spacial score (nSPS) is 19.8. The van der Waals surface area contributed by atoms with E-state index in [2.05, 4.69) is 11.6 Å². The number of nitro groups is 1. The van der Waals surface area contributed by atoms with Gasteiger partial charge in [0.1, 0.15) is 11.8 Å². The number of carbonyl (C=O) groups is 1. The van der Waals surface area contributed by atoms with E-state index in [9.17, 15) is 14.9 Å². The molecule has 1 aliphatic rings. The van der Waals surface area contributed by atoms with Gasteiger partial charge in [0.2, 0.25) is 5.88 Å².